The topological polar surface area (TPSA) is 38.1 Å². The van der Waals surface area contributed by atoms with E-state index in [1.54, 1.807) is 0 Å². The van der Waals surface area contributed by atoms with Gasteiger partial charge in [-0.1, -0.05) is 34.1 Å². The van der Waals surface area contributed by atoms with Crippen molar-refractivity contribution in [2.24, 2.45) is 0 Å². The average molecular weight is 224 g/mol. The lowest BCUT2D eigenvalue weighted by Gasteiger charge is -2.19. The molecule has 1 aromatic heterocycles. The van der Waals surface area contributed by atoms with Crippen molar-refractivity contribution in [2.75, 3.05) is 0 Å². The Hall–Kier alpha value is -0.990. The van der Waals surface area contributed by atoms with E-state index in [4.69, 9.17) is 0 Å². The first-order valence-corrected chi connectivity index (χ1v) is 6.20. The Morgan fingerprint density at radius 3 is 2.31 bits per heavy atom. The first-order valence-electron chi connectivity index (χ1n) is 6.20. The van der Waals surface area contributed by atoms with E-state index < -0.39 is 0 Å². The maximum absolute atomic E-state index is 9.95. The largest absolute Gasteiger partial charge is 0.492 e. The molecule has 0 fully saturated rings. The van der Waals surface area contributed by atoms with Crippen molar-refractivity contribution < 1.29 is 5.11 Å². The second-order valence-corrected chi connectivity index (χ2v) is 5.31. The van der Waals surface area contributed by atoms with Crippen LogP contribution in [-0.4, -0.2) is 14.9 Å². The summed E-state index contributed by atoms with van der Waals surface area (Å²) in [6.07, 6.45) is 3.32. The highest BCUT2D eigenvalue weighted by molar-refractivity contribution is 5.36. The number of hydrogen-bond acceptors (Lipinski definition) is 2. The minimum Gasteiger partial charge on any atom is -0.492 e. The molecule has 0 amide bonds. The number of unbranched alkanes of at least 4 members (excludes halogenated alkanes) is 1. The van der Waals surface area contributed by atoms with Crippen molar-refractivity contribution in [3.63, 3.8) is 0 Å². The predicted molar refractivity (Wildman–Crippen MR) is 66.9 cm³/mol. The lowest BCUT2D eigenvalue weighted by atomic mass is 9.85. The maximum Gasteiger partial charge on any atom is 0.234 e. The summed E-state index contributed by atoms with van der Waals surface area (Å²) in [6, 6.07) is 0. The van der Waals surface area contributed by atoms with Crippen LogP contribution in [0, 0.1) is 0 Å². The molecule has 0 unspecified atom stereocenters. The van der Waals surface area contributed by atoms with Crippen LogP contribution in [0.4, 0.5) is 0 Å². The van der Waals surface area contributed by atoms with Crippen molar-refractivity contribution in [2.45, 2.75) is 65.8 Å². The van der Waals surface area contributed by atoms with Gasteiger partial charge in [0.2, 0.25) is 5.88 Å². The van der Waals surface area contributed by atoms with Crippen LogP contribution in [0.25, 0.3) is 0 Å². The number of aromatic hydroxyl groups is 1. The fourth-order valence-corrected chi connectivity index (χ4v) is 2.11. The first-order chi connectivity index (χ1) is 7.41. The summed E-state index contributed by atoms with van der Waals surface area (Å²) in [5.74, 6) is 0.209. The number of rotatable bonds is 4. The molecule has 0 saturated carbocycles. The molecule has 1 rings (SSSR count). The molecule has 92 valence electrons. The van der Waals surface area contributed by atoms with Gasteiger partial charge in [0, 0.05) is 17.8 Å². The maximum atomic E-state index is 9.95. The van der Waals surface area contributed by atoms with Gasteiger partial charge in [-0.2, -0.15) is 0 Å². The molecule has 0 aliphatic carbocycles. The van der Waals surface area contributed by atoms with E-state index in [-0.39, 0.29) is 11.3 Å². The van der Waals surface area contributed by atoms with Crippen LogP contribution >= 0.6 is 0 Å². The number of hydrogen-bond donors (Lipinski definition) is 1. The number of nitrogens with zero attached hydrogens (tertiary/aromatic N) is 2. The van der Waals surface area contributed by atoms with Crippen LogP contribution in [-0.2, 0) is 18.4 Å². The Labute approximate surface area is 98.5 Å². The fourth-order valence-electron chi connectivity index (χ4n) is 2.11. The van der Waals surface area contributed by atoms with E-state index in [2.05, 4.69) is 39.7 Å². The monoisotopic (exact) mass is 224 g/mol. The van der Waals surface area contributed by atoms with E-state index >= 15 is 0 Å². The van der Waals surface area contributed by atoms with Gasteiger partial charge < -0.3 is 5.11 Å². The fraction of sp³-hybridized carbons (Fsp3) is 0.769. The third kappa shape index (κ3) is 2.57. The SMILES string of the molecule is CCCCc1c(C(C)(C)C)c(O)nn1CC. The van der Waals surface area contributed by atoms with E-state index in [0.717, 1.165) is 24.9 Å². The van der Waals surface area contributed by atoms with Gasteiger partial charge in [-0.3, -0.25) is 4.68 Å². The first kappa shape index (κ1) is 13.1. The van der Waals surface area contributed by atoms with Crippen molar-refractivity contribution in [3.8, 4) is 5.88 Å². The third-order valence-electron chi connectivity index (χ3n) is 2.86. The van der Waals surface area contributed by atoms with Gasteiger partial charge >= 0.3 is 0 Å². The van der Waals surface area contributed by atoms with Gasteiger partial charge in [0.25, 0.3) is 0 Å². The Kier molecular flexibility index (Phi) is 4.00. The summed E-state index contributed by atoms with van der Waals surface area (Å²) in [6.45, 7) is 11.4. The molecule has 0 spiro atoms. The Balaban J connectivity index is 3.18. The second kappa shape index (κ2) is 4.89. The lowest BCUT2D eigenvalue weighted by Crippen LogP contribution is -2.15. The zero-order valence-corrected chi connectivity index (χ0v) is 11.2. The minimum atomic E-state index is -0.0411. The van der Waals surface area contributed by atoms with Crippen molar-refractivity contribution in [3.05, 3.63) is 11.3 Å². The zero-order valence-electron chi connectivity index (χ0n) is 11.2. The quantitative estimate of drug-likeness (QED) is 0.852. The van der Waals surface area contributed by atoms with Crippen LogP contribution in [0.5, 0.6) is 5.88 Å². The van der Waals surface area contributed by atoms with E-state index in [1.165, 1.54) is 12.1 Å². The molecule has 1 N–H and O–H groups in total. The molecule has 0 aromatic carbocycles. The molecule has 16 heavy (non-hydrogen) atoms. The van der Waals surface area contributed by atoms with Crippen molar-refractivity contribution in [1.82, 2.24) is 9.78 Å². The van der Waals surface area contributed by atoms with Gasteiger partial charge in [0.15, 0.2) is 0 Å². The predicted octanol–water partition coefficient (Wildman–Crippen LogP) is 3.25. The molecular weight excluding hydrogens is 200 g/mol. The van der Waals surface area contributed by atoms with Gasteiger partial charge in [-0.05, 0) is 25.2 Å². The van der Waals surface area contributed by atoms with Gasteiger partial charge in [-0.25, -0.2) is 0 Å². The summed E-state index contributed by atoms with van der Waals surface area (Å²) >= 11 is 0. The van der Waals surface area contributed by atoms with Gasteiger partial charge in [0.05, 0.1) is 0 Å². The normalized spacial score (nSPS) is 12.1. The molecule has 3 heteroatoms. The third-order valence-corrected chi connectivity index (χ3v) is 2.86. The van der Waals surface area contributed by atoms with Crippen LogP contribution in [0.1, 0.15) is 58.7 Å². The van der Waals surface area contributed by atoms with Crippen LogP contribution < -0.4 is 0 Å². The molecule has 1 aromatic rings. The Bertz CT molecular complexity index is 348. The van der Waals surface area contributed by atoms with Crippen LogP contribution in [0.15, 0.2) is 0 Å². The highest BCUT2D eigenvalue weighted by Crippen LogP contribution is 2.33. The average Bonchev–Trinajstić information content (AvgIpc) is 2.50. The molecule has 1 heterocycles. The summed E-state index contributed by atoms with van der Waals surface area (Å²) in [7, 11) is 0. The molecule has 0 saturated heterocycles. The molecule has 3 nitrogen and oxygen atoms in total. The minimum absolute atomic E-state index is 0.0411. The molecule has 0 aliphatic heterocycles. The zero-order chi connectivity index (χ0) is 12.3. The highest BCUT2D eigenvalue weighted by Gasteiger charge is 2.26. The van der Waals surface area contributed by atoms with E-state index in [9.17, 15) is 5.11 Å². The van der Waals surface area contributed by atoms with Crippen molar-refractivity contribution in [1.29, 1.82) is 0 Å². The number of aryl methyl sites for hydroxylation is 1. The summed E-state index contributed by atoms with van der Waals surface area (Å²) < 4.78 is 1.94. The highest BCUT2D eigenvalue weighted by atomic mass is 16.3. The summed E-state index contributed by atoms with van der Waals surface area (Å²) in [5, 5.41) is 14.2. The lowest BCUT2D eigenvalue weighted by molar-refractivity contribution is 0.422. The van der Waals surface area contributed by atoms with Crippen LogP contribution in [0.2, 0.25) is 0 Å². The van der Waals surface area contributed by atoms with Gasteiger partial charge in [0.1, 0.15) is 0 Å². The van der Waals surface area contributed by atoms with Crippen LogP contribution in [0.3, 0.4) is 0 Å². The summed E-state index contributed by atoms with van der Waals surface area (Å²) in [5.41, 5.74) is 2.18. The Morgan fingerprint density at radius 2 is 1.88 bits per heavy atom. The summed E-state index contributed by atoms with van der Waals surface area (Å²) in [4.78, 5) is 0. The molecule has 0 radical (unpaired) electrons. The molecule has 0 atom stereocenters. The van der Waals surface area contributed by atoms with Crippen molar-refractivity contribution >= 4 is 0 Å². The van der Waals surface area contributed by atoms with Gasteiger partial charge in [-0.15, -0.1) is 5.10 Å². The van der Waals surface area contributed by atoms with E-state index in [1.807, 2.05) is 4.68 Å². The van der Waals surface area contributed by atoms with E-state index in [0.29, 0.717) is 0 Å². The Morgan fingerprint density at radius 1 is 1.25 bits per heavy atom. The standard InChI is InChI=1S/C13H24N2O/c1-6-8-9-10-11(13(3,4)5)12(16)14-15(10)7-2/h6-9H2,1-5H3,(H,14,16). The second-order valence-electron chi connectivity index (χ2n) is 5.31. The smallest absolute Gasteiger partial charge is 0.234 e. The molecule has 0 aliphatic rings. The molecule has 0 bridgehead atoms. The molecular formula is C13H24N2O. The number of aromatic nitrogens is 2.